The summed E-state index contributed by atoms with van der Waals surface area (Å²) < 4.78 is 39.4. The Balaban J connectivity index is 0.000000304. The van der Waals surface area contributed by atoms with Crippen LogP contribution in [-0.4, -0.2) is 64.2 Å². The lowest BCUT2D eigenvalue weighted by Crippen LogP contribution is -2.49. The molecule has 0 bridgehead atoms. The molecular formula is C26H26F3N5O4. The van der Waals surface area contributed by atoms with E-state index in [-0.39, 0.29) is 37.8 Å². The van der Waals surface area contributed by atoms with E-state index in [9.17, 15) is 32.7 Å². The Morgan fingerprint density at radius 1 is 0.947 bits per heavy atom. The molecule has 200 valence electrons. The van der Waals surface area contributed by atoms with E-state index in [1.807, 2.05) is 19.9 Å². The minimum Gasteiger partial charge on any atom is -0.476 e. The summed E-state index contributed by atoms with van der Waals surface area (Å²) in [5, 5.41) is 16.3. The molecule has 3 N–H and O–H groups in total. The average molecular weight is 530 g/mol. The summed E-state index contributed by atoms with van der Waals surface area (Å²) in [6.45, 7) is 4.75. The SMILES string of the molecule is Cc1cc(C)cc(C(N)=O)c1.O=C(O)c1nnccc1N1CCN(C(=O)c2ccccc2C(F)(F)F)CC1. The minimum absolute atomic E-state index is 0.159. The van der Waals surface area contributed by atoms with E-state index in [2.05, 4.69) is 10.2 Å². The zero-order valence-corrected chi connectivity index (χ0v) is 20.7. The van der Waals surface area contributed by atoms with Gasteiger partial charge in [-0.25, -0.2) is 4.79 Å². The van der Waals surface area contributed by atoms with Crippen LogP contribution in [0.5, 0.6) is 0 Å². The molecule has 0 unspecified atom stereocenters. The number of nitrogens with zero attached hydrogens (tertiary/aromatic N) is 4. The maximum absolute atomic E-state index is 13.1. The number of hydrogen-bond donors (Lipinski definition) is 2. The molecule has 2 heterocycles. The molecule has 3 aromatic rings. The Morgan fingerprint density at radius 2 is 1.55 bits per heavy atom. The zero-order chi connectivity index (χ0) is 28.0. The number of amides is 2. The molecule has 1 aliphatic rings. The highest BCUT2D eigenvalue weighted by Crippen LogP contribution is 2.32. The molecule has 0 saturated carbocycles. The maximum Gasteiger partial charge on any atom is 0.417 e. The third-order valence-electron chi connectivity index (χ3n) is 5.78. The zero-order valence-electron chi connectivity index (χ0n) is 20.7. The molecule has 0 radical (unpaired) electrons. The third kappa shape index (κ3) is 6.84. The van der Waals surface area contributed by atoms with Crippen molar-refractivity contribution < 1.29 is 32.7 Å². The van der Waals surface area contributed by atoms with E-state index in [4.69, 9.17) is 5.73 Å². The summed E-state index contributed by atoms with van der Waals surface area (Å²) >= 11 is 0. The van der Waals surface area contributed by atoms with Gasteiger partial charge in [0.15, 0.2) is 5.69 Å². The fourth-order valence-corrected chi connectivity index (χ4v) is 4.09. The van der Waals surface area contributed by atoms with Crippen molar-refractivity contribution in [1.29, 1.82) is 0 Å². The highest BCUT2D eigenvalue weighted by molar-refractivity contribution is 5.96. The van der Waals surface area contributed by atoms with Crippen LogP contribution in [0.3, 0.4) is 0 Å². The molecule has 1 saturated heterocycles. The fraction of sp³-hybridized carbons (Fsp3) is 0.269. The van der Waals surface area contributed by atoms with E-state index >= 15 is 0 Å². The average Bonchev–Trinajstić information content (AvgIpc) is 2.87. The van der Waals surface area contributed by atoms with E-state index in [1.165, 1.54) is 29.3 Å². The molecule has 0 atom stereocenters. The van der Waals surface area contributed by atoms with Gasteiger partial charge in [0.05, 0.1) is 23.0 Å². The number of halogens is 3. The first-order chi connectivity index (χ1) is 17.9. The highest BCUT2D eigenvalue weighted by atomic mass is 19.4. The molecular weight excluding hydrogens is 503 g/mol. The summed E-state index contributed by atoms with van der Waals surface area (Å²) in [6.07, 6.45) is -3.26. The van der Waals surface area contributed by atoms with Crippen molar-refractivity contribution in [3.63, 3.8) is 0 Å². The van der Waals surface area contributed by atoms with E-state index in [1.54, 1.807) is 17.0 Å². The first-order valence-corrected chi connectivity index (χ1v) is 11.5. The smallest absolute Gasteiger partial charge is 0.417 e. The van der Waals surface area contributed by atoms with Crippen molar-refractivity contribution in [3.05, 3.63) is 88.2 Å². The number of benzene rings is 2. The van der Waals surface area contributed by atoms with Gasteiger partial charge in [-0.1, -0.05) is 29.3 Å². The number of aromatic carboxylic acids is 1. The Kier molecular flexibility index (Phi) is 8.66. The van der Waals surface area contributed by atoms with Gasteiger partial charge in [-0.2, -0.15) is 18.3 Å². The van der Waals surface area contributed by atoms with Gasteiger partial charge in [-0.15, -0.1) is 5.10 Å². The number of carbonyl (C=O) groups is 3. The number of nitrogens with two attached hydrogens (primary N) is 1. The van der Waals surface area contributed by atoms with Crippen LogP contribution in [0.15, 0.2) is 54.7 Å². The Labute approximate surface area is 216 Å². The monoisotopic (exact) mass is 529 g/mol. The van der Waals surface area contributed by atoms with Crippen molar-refractivity contribution in [1.82, 2.24) is 15.1 Å². The number of piperazine rings is 1. The molecule has 0 spiro atoms. The van der Waals surface area contributed by atoms with Gasteiger partial charge in [0.1, 0.15) is 0 Å². The standard InChI is InChI=1S/C17H15F3N4O3.C9H11NO/c18-17(19,20)12-4-2-1-3-11(12)15(25)24-9-7-23(8-10-24)13-5-6-21-22-14(13)16(26)27;1-6-3-7(2)5-8(4-6)9(10)11/h1-6H,7-10H2,(H,26,27);3-5H,1-2H3,(H2,10,11). The summed E-state index contributed by atoms with van der Waals surface area (Å²) in [5.41, 5.74) is 6.63. The van der Waals surface area contributed by atoms with Gasteiger partial charge in [0.25, 0.3) is 5.91 Å². The number of carbonyl (C=O) groups excluding carboxylic acids is 2. The molecule has 12 heteroatoms. The van der Waals surface area contributed by atoms with Crippen LogP contribution in [0.25, 0.3) is 0 Å². The predicted molar refractivity (Wildman–Crippen MR) is 133 cm³/mol. The second-order valence-corrected chi connectivity index (χ2v) is 8.63. The lowest BCUT2D eigenvalue weighted by atomic mass is 10.1. The first-order valence-electron chi connectivity index (χ1n) is 11.5. The molecule has 1 fully saturated rings. The highest BCUT2D eigenvalue weighted by Gasteiger charge is 2.36. The number of hydrogen-bond acceptors (Lipinski definition) is 6. The normalized spacial score (nSPS) is 13.4. The van der Waals surface area contributed by atoms with Gasteiger partial charge in [0, 0.05) is 31.7 Å². The summed E-state index contributed by atoms with van der Waals surface area (Å²) in [4.78, 5) is 37.6. The minimum atomic E-state index is -4.62. The number of primary amides is 1. The topological polar surface area (TPSA) is 130 Å². The van der Waals surface area contributed by atoms with Crippen LogP contribution in [0.1, 0.15) is 47.9 Å². The largest absolute Gasteiger partial charge is 0.476 e. The molecule has 2 aromatic carbocycles. The van der Waals surface area contributed by atoms with Gasteiger partial charge < -0.3 is 20.6 Å². The molecule has 0 aliphatic carbocycles. The summed E-state index contributed by atoms with van der Waals surface area (Å²) in [6, 6.07) is 11.8. The van der Waals surface area contributed by atoms with Gasteiger partial charge in [0.2, 0.25) is 5.91 Å². The van der Waals surface area contributed by atoms with Crippen LogP contribution < -0.4 is 10.6 Å². The Bertz CT molecular complexity index is 1320. The Hall–Kier alpha value is -4.48. The number of alkyl halides is 3. The van der Waals surface area contributed by atoms with Crippen molar-refractivity contribution in [2.24, 2.45) is 5.73 Å². The second kappa shape index (κ2) is 11.7. The van der Waals surface area contributed by atoms with Gasteiger partial charge >= 0.3 is 12.1 Å². The van der Waals surface area contributed by atoms with Crippen LogP contribution in [0, 0.1) is 13.8 Å². The van der Waals surface area contributed by atoms with Crippen LogP contribution in [-0.2, 0) is 6.18 Å². The molecule has 4 rings (SSSR count). The number of anilines is 1. The molecule has 1 aromatic heterocycles. The van der Waals surface area contributed by atoms with Crippen molar-refractivity contribution >= 4 is 23.5 Å². The number of rotatable bonds is 4. The van der Waals surface area contributed by atoms with E-state index < -0.39 is 29.2 Å². The maximum atomic E-state index is 13.1. The Morgan fingerprint density at radius 3 is 2.11 bits per heavy atom. The number of aromatic nitrogens is 2. The lowest BCUT2D eigenvalue weighted by Gasteiger charge is -2.36. The quantitative estimate of drug-likeness (QED) is 0.529. The van der Waals surface area contributed by atoms with E-state index in [0.29, 0.717) is 11.3 Å². The molecule has 38 heavy (non-hydrogen) atoms. The van der Waals surface area contributed by atoms with Crippen LogP contribution >= 0.6 is 0 Å². The summed E-state index contributed by atoms with van der Waals surface area (Å²) in [5.74, 6) is -2.29. The number of carboxylic acids is 1. The molecule has 9 nitrogen and oxygen atoms in total. The van der Waals surface area contributed by atoms with Gasteiger partial charge in [-0.05, 0) is 44.2 Å². The van der Waals surface area contributed by atoms with Gasteiger partial charge in [-0.3, -0.25) is 9.59 Å². The number of aryl methyl sites for hydroxylation is 2. The number of carboxylic acid groups (broad SMARTS) is 1. The van der Waals surface area contributed by atoms with Crippen molar-refractivity contribution in [2.45, 2.75) is 20.0 Å². The van der Waals surface area contributed by atoms with Crippen LogP contribution in [0.4, 0.5) is 18.9 Å². The second-order valence-electron chi connectivity index (χ2n) is 8.63. The molecule has 2 amide bonds. The summed E-state index contributed by atoms with van der Waals surface area (Å²) in [7, 11) is 0. The van der Waals surface area contributed by atoms with Crippen molar-refractivity contribution in [3.8, 4) is 0 Å². The third-order valence-corrected chi connectivity index (χ3v) is 5.78. The fourth-order valence-electron chi connectivity index (χ4n) is 4.09. The lowest BCUT2D eigenvalue weighted by molar-refractivity contribution is -0.138. The van der Waals surface area contributed by atoms with Crippen molar-refractivity contribution in [2.75, 3.05) is 31.1 Å². The predicted octanol–water partition coefficient (Wildman–Crippen LogP) is 3.56. The molecule has 1 aliphatic heterocycles. The van der Waals surface area contributed by atoms with E-state index in [0.717, 1.165) is 23.3 Å². The first kappa shape index (κ1) is 28.1. The van der Waals surface area contributed by atoms with Crippen LogP contribution in [0.2, 0.25) is 0 Å².